The average molecular weight is 342 g/mol. The summed E-state index contributed by atoms with van der Waals surface area (Å²) in [7, 11) is 2.00. The lowest BCUT2D eigenvalue weighted by atomic mass is 10.4. The molecular formula is C12H16BrN5S. The standard InChI is InChI=1S/C12H16BrN5S/c1-3-4-14-12-15-5-10(13)11(17-12)18(2)6-9-7-19-8-16-9/h5,7-8H,3-4,6H2,1-2H3,(H,14,15,17). The van der Waals surface area contributed by atoms with Crippen LogP contribution in [0.4, 0.5) is 11.8 Å². The Hall–Kier alpha value is -1.21. The Kier molecular flexibility index (Phi) is 5.09. The molecule has 0 aliphatic carbocycles. The first-order valence-corrected chi connectivity index (χ1v) is 7.79. The molecule has 0 aliphatic heterocycles. The smallest absolute Gasteiger partial charge is 0.224 e. The summed E-state index contributed by atoms with van der Waals surface area (Å²) in [6.45, 7) is 3.71. The van der Waals surface area contributed by atoms with Crippen molar-refractivity contribution in [2.75, 3.05) is 23.8 Å². The maximum atomic E-state index is 4.52. The summed E-state index contributed by atoms with van der Waals surface area (Å²) in [5.41, 5.74) is 2.88. The lowest BCUT2D eigenvalue weighted by Crippen LogP contribution is -2.19. The van der Waals surface area contributed by atoms with E-state index in [1.54, 1.807) is 17.5 Å². The number of nitrogens with zero attached hydrogens (tertiary/aromatic N) is 4. The minimum atomic E-state index is 0.658. The van der Waals surface area contributed by atoms with Crippen LogP contribution in [0, 0.1) is 0 Å². The van der Waals surface area contributed by atoms with E-state index in [9.17, 15) is 0 Å². The van der Waals surface area contributed by atoms with Gasteiger partial charge in [-0.25, -0.2) is 9.97 Å². The first-order chi connectivity index (χ1) is 9.20. The van der Waals surface area contributed by atoms with Gasteiger partial charge in [-0.15, -0.1) is 11.3 Å². The van der Waals surface area contributed by atoms with E-state index in [4.69, 9.17) is 0 Å². The Morgan fingerprint density at radius 2 is 2.26 bits per heavy atom. The fourth-order valence-corrected chi connectivity index (χ4v) is 2.62. The number of halogens is 1. The Morgan fingerprint density at radius 1 is 1.42 bits per heavy atom. The van der Waals surface area contributed by atoms with Crippen molar-refractivity contribution in [3.8, 4) is 0 Å². The highest BCUT2D eigenvalue weighted by Crippen LogP contribution is 2.24. The zero-order valence-corrected chi connectivity index (χ0v) is 13.3. The van der Waals surface area contributed by atoms with Gasteiger partial charge < -0.3 is 10.2 Å². The SMILES string of the molecule is CCCNc1ncc(Br)c(N(C)Cc2cscn2)n1. The molecule has 2 rings (SSSR count). The van der Waals surface area contributed by atoms with Gasteiger partial charge in [0.15, 0.2) is 0 Å². The fourth-order valence-electron chi connectivity index (χ4n) is 1.58. The van der Waals surface area contributed by atoms with Gasteiger partial charge in [-0.3, -0.25) is 0 Å². The van der Waals surface area contributed by atoms with Gasteiger partial charge in [0.2, 0.25) is 5.95 Å². The highest BCUT2D eigenvalue weighted by molar-refractivity contribution is 9.10. The van der Waals surface area contributed by atoms with Crippen LogP contribution in [-0.2, 0) is 6.54 Å². The van der Waals surface area contributed by atoms with Crippen LogP contribution < -0.4 is 10.2 Å². The van der Waals surface area contributed by atoms with Crippen molar-refractivity contribution in [1.29, 1.82) is 0 Å². The van der Waals surface area contributed by atoms with Gasteiger partial charge in [0.1, 0.15) is 5.82 Å². The van der Waals surface area contributed by atoms with E-state index < -0.39 is 0 Å². The van der Waals surface area contributed by atoms with Crippen molar-refractivity contribution in [3.05, 3.63) is 27.3 Å². The van der Waals surface area contributed by atoms with Crippen molar-refractivity contribution in [2.24, 2.45) is 0 Å². The molecule has 102 valence electrons. The summed E-state index contributed by atoms with van der Waals surface area (Å²) in [5.74, 6) is 1.52. The molecular weight excluding hydrogens is 326 g/mol. The molecule has 19 heavy (non-hydrogen) atoms. The van der Waals surface area contributed by atoms with Gasteiger partial charge in [0.25, 0.3) is 0 Å². The first-order valence-electron chi connectivity index (χ1n) is 6.05. The molecule has 0 aliphatic rings. The minimum absolute atomic E-state index is 0.658. The molecule has 2 aromatic rings. The van der Waals surface area contributed by atoms with Crippen LogP contribution in [0.1, 0.15) is 19.0 Å². The molecule has 0 radical (unpaired) electrons. The highest BCUT2D eigenvalue weighted by Gasteiger charge is 2.11. The normalized spacial score (nSPS) is 10.5. The van der Waals surface area contributed by atoms with Gasteiger partial charge in [0.05, 0.1) is 22.2 Å². The van der Waals surface area contributed by atoms with Crippen LogP contribution in [0.5, 0.6) is 0 Å². The largest absolute Gasteiger partial charge is 0.354 e. The maximum Gasteiger partial charge on any atom is 0.224 e. The third kappa shape index (κ3) is 3.87. The number of thiazole rings is 1. The highest BCUT2D eigenvalue weighted by atomic mass is 79.9. The third-order valence-electron chi connectivity index (χ3n) is 2.50. The van der Waals surface area contributed by atoms with Crippen molar-refractivity contribution in [2.45, 2.75) is 19.9 Å². The monoisotopic (exact) mass is 341 g/mol. The van der Waals surface area contributed by atoms with E-state index in [0.717, 1.165) is 35.5 Å². The van der Waals surface area contributed by atoms with Gasteiger partial charge in [-0.2, -0.15) is 4.98 Å². The molecule has 1 N–H and O–H groups in total. The molecule has 0 saturated heterocycles. The molecule has 2 heterocycles. The molecule has 0 amide bonds. The predicted octanol–water partition coefficient (Wildman–Crippen LogP) is 3.15. The quantitative estimate of drug-likeness (QED) is 0.874. The fraction of sp³-hybridized carbons (Fsp3) is 0.417. The van der Waals surface area contributed by atoms with Gasteiger partial charge in [0, 0.05) is 25.2 Å². The lowest BCUT2D eigenvalue weighted by molar-refractivity contribution is 0.861. The second-order valence-electron chi connectivity index (χ2n) is 4.13. The van der Waals surface area contributed by atoms with Crippen LogP contribution >= 0.6 is 27.3 Å². The van der Waals surface area contributed by atoms with Crippen LogP contribution in [0.25, 0.3) is 0 Å². The Bertz CT molecular complexity index is 517. The topological polar surface area (TPSA) is 53.9 Å². The summed E-state index contributed by atoms with van der Waals surface area (Å²) in [5, 5.41) is 5.24. The Morgan fingerprint density at radius 3 is 2.95 bits per heavy atom. The number of aromatic nitrogens is 3. The summed E-state index contributed by atoms with van der Waals surface area (Å²) in [4.78, 5) is 15.1. The van der Waals surface area contributed by atoms with Crippen LogP contribution in [0.2, 0.25) is 0 Å². The predicted molar refractivity (Wildman–Crippen MR) is 82.7 cm³/mol. The summed E-state index contributed by atoms with van der Waals surface area (Å²) < 4.78 is 0.882. The van der Waals surface area contributed by atoms with Crippen LogP contribution in [0.15, 0.2) is 21.6 Å². The summed E-state index contributed by atoms with van der Waals surface area (Å²) in [6.07, 6.45) is 2.82. The number of anilines is 2. The molecule has 0 fully saturated rings. The molecule has 0 saturated carbocycles. The lowest BCUT2D eigenvalue weighted by Gasteiger charge is -2.19. The number of nitrogens with one attached hydrogen (secondary N) is 1. The minimum Gasteiger partial charge on any atom is -0.354 e. The van der Waals surface area contributed by atoms with Crippen LogP contribution in [-0.4, -0.2) is 28.5 Å². The molecule has 2 aromatic heterocycles. The molecule has 0 aromatic carbocycles. The zero-order chi connectivity index (χ0) is 13.7. The van der Waals surface area contributed by atoms with Gasteiger partial charge in [-0.1, -0.05) is 6.92 Å². The number of hydrogen-bond acceptors (Lipinski definition) is 6. The molecule has 0 unspecified atom stereocenters. The van der Waals surface area contributed by atoms with Crippen LogP contribution in [0.3, 0.4) is 0 Å². The van der Waals surface area contributed by atoms with Gasteiger partial charge in [-0.05, 0) is 22.4 Å². The number of hydrogen-bond donors (Lipinski definition) is 1. The first kappa shape index (κ1) is 14.2. The number of rotatable bonds is 6. The van der Waals surface area contributed by atoms with Crippen molar-refractivity contribution < 1.29 is 0 Å². The zero-order valence-electron chi connectivity index (χ0n) is 10.9. The molecule has 0 atom stereocenters. The van der Waals surface area contributed by atoms with E-state index in [2.05, 4.69) is 48.0 Å². The average Bonchev–Trinajstić information content (AvgIpc) is 2.90. The third-order valence-corrected chi connectivity index (χ3v) is 3.70. The molecule has 5 nitrogen and oxygen atoms in total. The summed E-state index contributed by atoms with van der Waals surface area (Å²) in [6, 6.07) is 0. The Balaban J connectivity index is 2.13. The molecule has 7 heteroatoms. The van der Waals surface area contributed by atoms with E-state index in [1.165, 1.54) is 0 Å². The molecule has 0 bridgehead atoms. The van der Waals surface area contributed by atoms with Crippen molar-refractivity contribution in [1.82, 2.24) is 15.0 Å². The second-order valence-corrected chi connectivity index (χ2v) is 5.70. The van der Waals surface area contributed by atoms with E-state index in [-0.39, 0.29) is 0 Å². The summed E-state index contributed by atoms with van der Waals surface area (Å²) >= 11 is 5.09. The van der Waals surface area contributed by atoms with E-state index in [0.29, 0.717) is 5.95 Å². The van der Waals surface area contributed by atoms with Gasteiger partial charge >= 0.3 is 0 Å². The second kappa shape index (κ2) is 6.81. The van der Waals surface area contributed by atoms with E-state index in [1.807, 2.05) is 17.9 Å². The van der Waals surface area contributed by atoms with E-state index >= 15 is 0 Å². The van der Waals surface area contributed by atoms with Crippen molar-refractivity contribution >= 4 is 39.0 Å². The Labute approximate surface area is 125 Å². The maximum absolute atomic E-state index is 4.52. The molecule has 0 spiro atoms. The van der Waals surface area contributed by atoms with Crippen molar-refractivity contribution in [3.63, 3.8) is 0 Å².